The third-order valence-electron chi connectivity index (χ3n) is 7.97. The number of hydrogen-bond acceptors (Lipinski definition) is 5. The quantitative estimate of drug-likeness (QED) is 0.0758. The van der Waals surface area contributed by atoms with Gasteiger partial charge in [-0.15, -0.1) is 0 Å². The van der Waals surface area contributed by atoms with Crippen molar-refractivity contribution in [1.82, 2.24) is 10.6 Å². The van der Waals surface area contributed by atoms with Gasteiger partial charge in [0.05, 0.1) is 0 Å². The Bertz CT molecular complexity index is 610. The van der Waals surface area contributed by atoms with Gasteiger partial charge in [0, 0.05) is 0 Å². The standard InChI is InChI=1S/C15H20I2N3O2/c1-13(22-12(21)14(16-18-14)15-17(19-15)20-15)8-5-9(13)11-7-3-2-6(4-7)10(8)11/h6-11,18-20H,2-5H2,1H3/q-1. The van der Waals surface area contributed by atoms with E-state index < -0.39 is 20.4 Å². The number of nitrogens with one attached hydrogen (secondary N) is 3. The maximum atomic E-state index is 13.0. The second-order valence-corrected chi connectivity index (χ2v) is 15.5. The van der Waals surface area contributed by atoms with Gasteiger partial charge in [-0.05, 0) is 0 Å². The van der Waals surface area contributed by atoms with Gasteiger partial charge in [-0.25, -0.2) is 0 Å². The van der Waals surface area contributed by atoms with Crippen LogP contribution in [0.4, 0.5) is 0 Å². The third kappa shape index (κ3) is 1.19. The van der Waals surface area contributed by atoms with Crippen LogP contribution in [0, 0.1) is 35.5 Å². The molecule has 3 saturated heterocycles. The fourth-order valence-electron chi connectivity index (χ4n) is 6.81. The maximum absolute atomic E-state index is 13.0. The molecule has 0 aromatic carbocycles. The topological polar surface area (TPSA) is 92.1 Å². The minimum atomic E-state index is -1.08. The van der Waals surface area contributed by atoms with Crippen molar-refractivity contribution < 1.29 is 31.0 Å². The molecule has 0 radical (unpaired) electrons. The Balaban J connectivity index is 1.18. The molecular weight excluding hydrogens is 508 g/mol. The van der Waals surface area contributed by atoms with Gasteiger partial charge in [-0.3, -0.25) is 0 Å². The zero-order valence-electron chi connectivity index (χ0n) is 12.4. The minimum absolute atomic E-state index is 0.0509. The van der Waals surface area contributed by atoms with Gasteiger partial charge >= 0.3 is 149 Å². The van der Waals surface area contributed by atoms with E-state index in [0.717, 1.165) is 23.7 Å². The zero-order chi connectivity index (χ0) is 14.5. The Morgan fingerprint density at radius 2 is 1.77 bits per heavy atom. The molecule has 7 atom stereocenters. The average molecular weight is 528 g/mol. The first-order chi connectivity index (χ1) is 10.6. The summed E-state index contributed by atoms with van der Waals surface area (Å²) in [6.07, 6.45) is 5.71. The SMILES string of the molecule is CC1(OC(=O)C2(C34NI3N4)N[I-]2)C2CC1C1C3CCC(C3)C12. The van der Waals surface area contributed by atoms with E-state index in [1.807, 2.05) is 0 Å². The number of ether oxygens (including phenoxy) is 1. The second-order valence-electron chi connectivity index (χ2n) is 8.49. The normalized spacial score (nSPS) is 65.0. The molecule has 0 amide bonds. The van der Waals surface area contributed by atoms with Crippen LogP contribution in [0.2, 0.25) is 0 Å². The molecule has 0 aromatic heterocycles. The van der Waals surface area contributed by atoms with E-state index in [1.54, 1.807) is 0 Å². The van der Waals surface area contributed by atoms with E-state index >= 15 is 0 Å². The fraction of sp³-hybridized carbons (Fsp3) is 0.933. The Hall–Kier alpha value is 0.810. The number of esters is 1. The van der Waals surface area contributed by atoms with Gasteiger partial charge in [0.25, 0.3) is 0 Å². The van der Waals surface area contributed by atoms with Crippen LogP contribution < -0.4 is 32.1 Å². The number of carbonyl (C=O) groups excluding carboxylic acids is 1. The Kier molecular flexibility index (Phi) is 2.09. The van der Waals surface area contributed by atoms with Crippen LogP contribution >= 0.6 is 20.4 Å². The number of carbonyl (C=O) groups is 1. The molecule has 4 aliphatic carbocycles. The van der Waals surface area contributed by atoms with Crippen LogP contribution in [0.5, 0.6) is 0 Å². The Morgan fingerprint density at radius 1 is 1.18 bits per heavy atom. The van der Waals surface area contributed by atoms with Crippen LogP contribution in [0.3, 0.4) is 0 Å². The van der Waals surface area contributed by atoms with Crippen molar-refractivity contribution in [3.05, 3.63) is 0 Å². The molecule has 7 unspecified atom stereocenters. The van der Waals surface area contributed by atoms with Crippen molar-refractivity contribution >= 4 is 26.3 Å². The molecule has 7 rings (SSSR count). The molecule has 7 fully saturated rings. The predicted molar refractivity (Wildman–Crippen MR) is 82.8 cm³/mol. The summed E-state index contributed by atoms with van der Waals surface area (Å²) >= 11 is -1.29. The van der Waals surface area contributed by atoms with E-state index in [0.29, 0.717) is 11.8 Å². The predicted octanol–water partition coefficient (Wildman–Crippen LogP) is -1.90. The molecule has 3 heterocycles. The van der Waals surface area contributed by atoms with Gasteiger partial charge < -0.3 is 0 Å². The van der Waals surface area contributed by atoms with Gasteiger partial charge in [0.2, 0.25) is 0 Å². The summed E-state index contributed by atoms with van der Waals surface area (Å²) in [6.45, 7) is 2.27. The van der Waals surface area contributed by atoms with Crippen molar-refractivity contribution in [1.29, 1.82) is 0 Å². The zero-order valence-corrected chi connectivity index (χ0v) is 16.7. The molecule has 7 heteroatoms. The molecule has 122 valence electrons. The van der Waals surface area contributed by atoms with Crippen LogP contribution in [0.1, 0.15) is 32.6 Å². The first-order valence-corrected chi connectivity index (χ1v) is 13.9. The summed E-state index contributed by atoms with van der Waals surface area (Å²) < 4.78 is 16.6. The van der Waals surface area contributed by atoms with Crippen molar-refractivity contribution in [2.75, 3.05) is 0 Å². The summed E-state index contributed by atoms with van der Waals surface area (Å²) in [5.74, 6) is 5.11. The fourth-order valence-corrected chi connectivity index (χ4v) is 16.8. The first-order valence-electron chi connectivity index (χ1n) is 8.50. The molecule has 3 aliphatic heterocycles. The molecule has 5 nitrogen and oxygen atoms in total. The molecular formula is C15H20I2N3O2-. The van der Waals surface area contributed by atoms with E-state index in [2.05, 4.69) is 17.5 Å². The summed E-state index contributed by atoms with van der Waals surface area (Å²) in [7, 11) is 0. The third-order valence-corrected chi connectivity index (χ3v) is 16.5. The summed E-state index contributed by atoms with van der Waals surface area (Å²) in [5.41, 5.74) is -0.131. The first kappa shape index (κ1) is 13.1. The average Bonchev–Trinajstić information content (AvgIpc) is 3.35. The molecule has 0 aromatic rings. The molecule has 3 N–H and O–H groups in total. The summed E-state index contributed by atoms with van der Waals surface area (Å²) in [5, 5.41) is 0. The molecule has 7 aliphatic rings. The van der Waals surface area contributed by atoms with E-state index in [-0.39, 0.29) is 40.3 Å². The van der Waals surface area contributed by atoms with Crippen molar-refractivity contribution in [2.45, 2.75) is 45.4 Å². The molecule has 4 saturated carbocycles. The van der Waals surface area contributed by atoms with Crippen LogP contribution in [-0.4, -0.2) is 18.8 Å². The van der Waals surface area contributed by atoms with E-state index in [4.69, 9.17) is 4.74 Å². The van der Waals surface area contributed by atoms with E-state index in [9.17, 15) is 4.79 Å². The van der Waals surface area contributed by atoms with Crippen LogP contribution in [-0.2, 0) is 9.53 Å². The second kappa shape index (κ2) is 3.52. The summed E-state index contributed by atoms with van der Waals surface area (Å²) in [6, 6.07) is 0. The number of hydrogen-bond donors (Lipinski definition) is 3. The van der Waals surface area contributed by atoms with Crippen molar-refractivity contribution in [2.24, 2.45) is 35.5 Å². The monoisotopic (exact) mass is 528 g/mol. The molecule has 4 bridgehead atoms. The van der Waals surface area contributed by atoms with E-state index in [1.165, 1.54) is 25.7 Å². The molecule has 0 spiro atoms. The van der Waals surface area contributed by atoms with Gasteiger partial charge in [-0.2, -0.15) is 0 Å². The molecule has 22 heavy (non-hydrogen) atoms. The number of fused-ring (bicyclic) bond motifs is 10. The summed E-state index contributed by atoms with van der Waals surface area (Å²) in [4.78, 5) is 13.0. The Morgan fingerprint density at radius 3 is 2.27 bits per heavy atom. The Labute approximate surface area is 148 Å². The van der Waals surface area contributed by atoms with Crippen molar-refractivity contribution in [3.8, 4) is 0 Å². The van der Waals surface area contributed by atoms with Crippen LogP contribution in [0.25, 0.3) is 0 Å². The van der Waals surface area contributed by atoms with Crippen LogP contribution in [0.15, 0.2) is 0 Å². The van der Waals surface area contributed by atoms with Gasteiger partial charge in [-0.1, -0.05) is 0 Å². The number of halogens is 2. The number of alkyl halides is 2. The van der Waals surface area contributed by atoms with Crippen molar-refractivity contribution in [3.63, 3.8) is 0 Å². The number of rotatable bonds is 3. The van der Waals surface area contributed by atoms with Gasteiger partial charge in [0.1, 0.15) is 0 Å². The van der Waals surface area contributed by atoms with Gasteiger partial charge in [0.15, 0.2) is 0 Å².